The Bertz CT molecular complexity index is 586. The number of hydrogen-bond acceptors (Lipinski definition) is 3. The molecule has 0 heterocycles. The summed E-state index contributed by atoms with van der Waals surface area (Å²) in [6.07, 6.45) is 4.83. The third-order valence-electron chi connectivity index (χ3n) is 4.92. The number of fused-ring (bicyclic) bond motifs is 1. The Balaban J connectivity index is 1.61. The summed E-state index contributed by atoms with van der Waals surface area (Å²) in [5.74, 6) is 0.761. The highest BCUT2D eigenvalue weighted by molar-refractivity contribution is 5.91. The van der Waals surface area contributed by atoms with Crippen LogP contribution in [0, 0.1) is 17.8 Å². The predicted octanol–water partition coefficient (Wildman–Crippen LogP) is 2.45. The van der Waals surface area contributed by atoms with Crippen molar-refractivity contribution in [1.29, 1.82) is 0 Å². The third kappa shape index (κ3) is 2.80. The minimum atomic E-state index is -1.03. The second-order valence-electron chi connectivity index (χ2n) is 6.20. The van der Waals surface area contributed by atoms with E-state index in [1.165, 1.54) is 32.8 Å². The zero-order valence-electron chi connectivity index (χ0n) is 12.7. The molecule has 1 unspecified atom stereocenters. The van der Waals surface area contributed by atoms with E-state index in [2.05, 4.69) is 5.32 Å². The van der Waals surface area contributed by atoms with Gasteiger partial charge in [0.1, 0.15) is 11.3 Å². The highest BCUT2D eigenvalue weighted by atomic mass is 16.5. The van der Waals surface area contributed by atoms with Crippen LogP contribution in [0.25, 0.3) is 0 Å². The van der Waals surface area contributed by atoms with E-state index in [1.807, 2.05) is 0 Å². The first kappa shape index (κ1) is 14.9. The zero-order valence-corrected chi connectivity index (χ0v) is 12.7. The van der Waals surface area contributed by atoms with E-state index in [4.69, 9.17) is 9.84 Å². The Morgan fingerprint density at radius 2 is 1.95 bits per heavy atom. The highest BCUT2D eigenvalue weighted by Crippen LogP contribution is 2.55. The first-order valence-corrected chi connectivity index (χ1v) is 7.79. The van der Waals surface area contributed by atoms with Crippen molar-refractivity contribution in [2.24, 2.45) is 17.8 Å². The Morgan fingerprint density at radius 3 is 2.55 bits per heavy atom. The quantitative estimate of drug-likeness (QED) is 0.876. The molecule has 118 valence electrons. The lowest BCUT2D eigenvalue weighted by molar-refractivity contribution is -0.123. The van der Waals surface area contributed by atoms with Crippen molar-refractivity contribution >= 4 is 11.9 Å². The molecule has 2 N–H and O–H groups in total. The van der Waals surface area contributed by atoms with E-state index in [0.717, 1.165) is 5.56 Å². The molecule has 0 bridgehead atoms. The fraction of sp³-hybridized carbons (Fsp3) is 0.529. The van der Waals surface area contributed by atoms with Crippen LogP contribution in [0.3, 0.4) is 0 Å². The summed E-state index contributed by atoms with van der Waals surface area (Å²) < 4.78 is 5.03. The lowest BCUT2D eigenvalue weighted by atomic mass is 10.0. The second-order valence-corrected chi connectivity index (χ2v) is 6.20. The summed E-state index contributed by atoms with van der Waals surface area (Å²) in [4.78, 5) is 23.4. The van der Waals surface area contributed by atoms with Crippen LogP contribution in [0.4, 0.5) is 0 Å². The summed E-state index contributed by atoms with van der Waals surface area (Å²) in [7, 11) is 1.44. The molecule has 5 heteroatoms. The summed E-state index contributed by atoms with van der Waals surface area (Å²) in [5.41, 5.74) is 0.893. The van der Waals surface area contributed by atoms with Crippen LogP contribution in [0.2, 0.25) is 0 Å². The molecule has 0 aliphatic heterocycles. The molecule has 2 fully saturated rings. The maximum atomic E-state index is 12.2. The number of carbonyl (C=O) groups excluding carboxylic acids is 1. The second kappa shape index (κ2) is 5.99. The number of carboxylic acid groups (broad SMARTS) is 1. The molecule has 3 atom stereocenters. The molecule has 2 aliphatic carbocycles. The first-order valence-electron chi connectivity index (χ1n) is 7.79. The minimum absolute atomic E-state index is 0.115. The van der Waals surface area contributed by atoms with Gasteiger partial charge in [-0.1, -0.05) is 18.9 Å². The number of hydrogen-bond donors (Lipinski definition) is 2. The van der Waals surface area contributed by atoms with Gasteiger partial charge in [-0.2, -0.15) is 0 Å². The van der Waals surface area contributed by atoms with Crippen LogP contribution in [-0.2, 0) is 11.3 Å². The van der Waals surface area contributed by atoms with E-state index in [-0.39, 0.29) is 17.4 Å². The molecule has 3 rings (SSSR count). The van der Waals surface area contributed by atoms with E-state index >= 15 is 0 Å². The smallest absolute Gasteiger partial charge is 0.339 e. The van der Waals surface area contributed by atoms with Crippen LogP contribution in [0.1, 0.15) is 41.6 Å². The maximum Gasteiger partial charge on any atom is 0.339 e. The SMILES string of the molecule is COc1ccc(CNC(=O)C2[C@H]3CCCC[C@@H]23)cc1C(=O)O. The summed E-state index contributed by atoms with van der Waals surface area (Å²) in [6, 6.07) is 4.97. The van der Waals surface area contributed by atoms with Gasteiger partial charge in [0.25, 0.3) is 0 Å². The van der Waals surface area contributed by atoms with Gasteiger partial charge in [0, 0.05) is 12.5 Å². The molecule has 5 nitrogen and oxygen atoms in total. The van der Waals surface area contributed by atoms with Gasteiger partial charge >= 0.3 is 5.97 Å². The molecule has 0 spiro atoms. The van der Waals surface area contributed by atoms with Crippen LogP contribution in [0.5, 0.6) is 5.75 Å². The molecular formula is C17H21NO4. The average Bonchev–Trinajstić information content (AvgIpc) is 3.26. The van der Waals surface area contributed by atoms with Crippen molar-refractivity contribution in [1.82, 2.24) is 5.32 Å². The number of carboxylic acids is 1. The number of ether oxygens (including phenoxy) is 1. The van der Waals surface area contributed by atoms with Crippen molar-refractivity contribution in [2.45, 2.75) is 32.2 Å². The molecule has 2 aliphatic rings. The van der Waals surface area contributed by atoms with Crippen LogP contribution in [-0.4, -0.2) is 24.1 Å². The molecule has 1 amide bonds. The van der Waals surface area contributed by atoms with Crippen molar-refractivity contribution in [2.75, 3.05) is 7.11 Å². The minimum Gasteiger partial charge on any atom is -0.496 e. The van der Waals surface area contributed by atoms with Gasteiger partial charge in [0.2, 0.25) is 5.91 Å². The summed E-state index contributed by atoms with van der Waals surface area (Å²) in [5, 5.41) is 12.1. The number of benzene rings is 1. The number of amides is 1. The van der Waals surface area contributed by atoms with Gasteiger partial charge in [0.05, 0.1) is 7.11 Å². The zero-order chi connectivity index (χ0) is 15.7. The molecule has 0 saturated heterocycles. The number of carbonyl (C=O) groups is 2. The Hall–Kier alpha value is -2.04. The van der Waals surface area contributed by atoms with Gasteiger partial charge in [0.15, 0.2) is 0 Å². The Labute approximate surface area is 129 Å². The number of aromatic carboxylic acids is 1. The van der Waals surface area contributed by atoms with Crippen molar-refractivity contribution in [3.63, 3.8) is 0 Å². The summed E-state index contributed by atoms with van der Waals surface area (Å²) >= 11 is 0. The summed E-state index contributed by atoms with van der Waals surface area (Å²) in [6.45, 7) is 0.360. The molecule has 2 saturated carbocycles. The number of rotatable bonds is 5. The van der Waals surface area contributed by atoms with Crippen molar-refractivity contribution in [3.05, 3.63) is 29.3 Å². The van der Waals surface area contributed by atoms with Crippen LogP contribution in [0.15, 0.2) is 18.2 Å². The molecule has 22 heavy (non-hydrogen) atoms. The van der Waals surface area contributed by atoms with Gasteiger partial charge in [-0.3, -0.25) is 4.79 Å². The van der Waals surface area contributed by atoms with Gasteiger partial charge in [-0.25, -0.2) is 4.79 Å². The first-order chi connectivity index (χ1) is 10.6. The topological polar surface area (TPSA) is 75.6 Å². The lowest BCUT2D eigenvalue weighted by Crippen LogP contribution is -2.25. The van der Waals surface area contributed by atoms with Crippen LogP contribution >= 0.6 is 0 Å². The van der Waals surface area contributed by atoms with E-state index in [1.54, 1.807) is 18.2 Å². The van der Waals surface area contributed by atoms with Crippen molar-refractivity contribution < 1.29 is 19.4 Å². The van der Waals surface area contributed by atoms with Gasteiger partial charge in [-0.15, -0.1) is 0 Å². The maximum absolute atomic E-state index is 12.2. The molecular weight excluding hydrogens is 282 g/mol. The van der Waals surface area contributed by atoms with E-state index in [0.29, 0.717) is 24.1 Å². The van der Waals surface area contributed by atoms with Crippen molar-refractivity contribution in [3.8, 4) is 5.75 Å². The Morgan fingerprint density at radius 1 is 1.27 bits per heavy atom. The van der Waals surface area contributed by atoms with Gasteiger partial charge < -0.3 is 15.2 Å². The molecule has 0 radical (unpaired) electrons. The van der Waals surface area contributed by atoms with E-state index in [9.17, 15) is 9.59 Å². The third-order valence-corrected chi connectivity index (χ3v) is 4.92. The number of nitrogens with one attached hydrogen (secondary N) is 1. The van der Waals surface area contributed by atoms with Crippen LogP contribution < -0.4 is 10.1 Å². The van der Waals surface area contributed by atoms with Gasteiger partial charge in [-0.05, 0) is 42.4 Å². The molecule has 1 aromatic rings. The average molecular weight is 303 g/mol. The predicted molar refractivity (Wildman–Crippen MR) is 80.7 cm³/mol. The Kier molecular flexibility index (Phi) is 4.05. The fourth-order valence-electron chi connectivity index (χ4n) is 3.72. The normalized spacial score (nSPS) is 26.0. The highest BCUT2D eigenvalue weighted by Gasteiger charge is 2.54. The fourth-order valence-corrected chi connectivity index (χ4v) is 3.72. The molecule has 0 aromatic heterocycles. The monoisotopic (exact) mass is 303 g/mol. The largest absolute Gasteiger partial charge is 0.496 e. The molecule has 1 aromatic carbocycles. The lowest BCUT2D eigenvalue weighted by Gasteiger charge is -2.09. The number of methoxy groups -OCH3 is 1. The van der Waals surface area contributed by atoms with E-state index < -0.39 is 5.97 Å². The standard InChI is InChI=1S/C17H21NO4/c1-22-14-7-6-10(8-13(14)17(20)21)9-18-16(19)15-11-4-2-3-5-12(11)15/h6-8,11-12,15H,2-5,9H2,1H3,(H,18,19)(H,20,21)/t11-,12+,15?.